The van der Waals surface area contributed by atoms with E-state index < -0.39 is 0 Å². The molecule has 1 aromatic rings. The second kappa shape index (κ2) is 6.85. The van der Waals surface area contributed by atoms with Crippen LogP contribution in [0, 0.1) is 0 Å². The van der Waals surface area contributed by atoms with Gasteiger partial charge >= 0.3 is 5.97 Å². The van der Waals surface area contributed by atoms with Gasteiger partial charge < -0.3 is 14.7 Å². The van der Waals surface area contributed by atoms with Gasteiger partial charge in [0.1, 0.15) is 5.82 Å². The van der Waals surface area contributed by atoms with E-state index in [-0.39, 0.29) is 12.6 Å². The third-order valence-corrected chi connectivity index (χ3v) is 2.46. The minimum atomic E-state index is -0.369. The number of carbonyl (C=O) groups excluding carboxylic acids is 1. The van der Waals surface area contributed by atoms with E-state index in [2.05, 4.69) is 9.72 Å². The number of aliphatic hydroxyl groups excluding tert-OH is 1. The highest BCUT2D eigenvalue weighted by Crippen LogP contribution is 2.13. The van der Waals surface area contributed by atoms with Crippen LogP contribution in [0.5, 0.6) is 0 Å². The van der Waals surface area contributed by atoms with Gasteiger partial charge in [-0.3, -0.25) is 0 Å². The third-order valence-electron chi connectivity index (χ3n) is 2.46. The fourth-order valence-corrected chi connectivity index (χ4v) is 1.53. The van der Waals surface area contributed by atoms with Crippen molar-refractivity contribution in [1.29, 1.82) is 0 Å². The first-order chi connectivity index (χ1) is 8.22. The van der Waals surface area contributed by atoms with Crippen molar-refractivity contribution in [3.8, 4) is 0 Å². The van der Waals surface area contributed by atoms with Crippen molar-refractivity contribution >= 4 is 11.8 Å². The molecule has 1 heterocycles. The zero-order chi connectivity index (χ0) is 12.7. The molecule has 0 saturated heterocycles. The van der Waals surface area contributed by atoms with E-state index in [4.69, 9.17) is 5.11 Å². The van der Waals surface area contributed by atoms with Crippen LogP contribution in [0.4, 0.5) is 5.82 Å². The van der Waals surface area contributed by atoms with E-state index in [1.54, 1.807) is 18.3 Å². The van der Waals surface area contributed by atoms with Crippen LogP contribution in [0.3, 0.4) is 0 Å². The Morgan fingerprint density at radius 1 is 1.59 bits per heavy atom. The van der Waals surface area contributed by atoms with Crippen molar-refractivity contribution < 1.29 is 14.6 Å². The van der Waals surface area contributed by atoms with Gasteiger partial charge in [-0.2, -0.15) is 0 Å². The second-order valence-electron chi connectivity index (χ2n) is 3.55. The standard InChI is InChI=1S/C12H18N2O3/c1-3-14(7-4-8-15)11-9-10(5-6-13-11)12(16)17-2/h5-6,9,15H,3-4,7-8H2,1-2H3. The molecule has 0 amide bonds. The predicted octanol–water partition coefficient (Wildman–Crippen LogP) is 1.08. The van der Waals surface area contributed by atoms with Crippen LogP contribution in [0.15, 0.2) is 18.3 Å². The highest BCUT2D eigenvalue weighted by Gasteiger charge is 2.10. The van der Waals surface area contributed by atoms with Gasteiger partial charge in [0.05, 0.1) is 12.7 Å². The Balaban J connectivity index is 2.84. The Bertz CT molecular complexity index is 369. The number of nitrogens with zero attached hydrogens (tertiary/aromatic N) is 2. The fourth-order valence-electron chi connectivity index (χ4n) is 1.53. The van der Waals surface area contributed by atoms with E-state index in [0.29, 0.717) is 18.5 Å². The molecule has 1 N–H and O–H groups in total. The average molecular weight is 238 g/mol. The van der Waals surface area contributed by atoms with E-state index >= 15 is 0 Å². The van der Waals surface area contributed by atoms with Crippen molar-refractivity contribution in [2.45, 2.75) is 13.3 Å². The number of methoxy groups -OCH3 is 1. The molecule has 0 fully saturated rings. The van der Waals surface area contributed by atoms with Crippen molar-refractivity contribution in [3.63, 3.8) is 0 Å². The minimum Gasteiger partial charge on any atom is -0.465 e. The summed E-state index contributed by atoms with van der Waals surface area (Å²) in [6, 6.07) is 3.32. The molecular formula is C12H18N2O3. The summed E-state index contributed by atoms with van der Waals surface area (Å²) in [5.41, 5.74) is 0.486. The number of esters is 1. The molecule has 1 aromatic heterocycles. The summed E-state index contributed by atoms with van der Waals surface area (Å²) in [5, 5.41) is 8.82. The summed E-state index contributed by atoms with van der Waals surface area (Å²) in [4.78, 5) is 17.6. The maximum absolute atomic E-state index is 11.4. The zero-order valence-electron chi connectivity index (χ0n) is 10.2. The van der Waals surface area contributed by atoms with Gasteiger partial charge in [-0.15, -0.1) is 0 Å². The highest BCUT2D eigenvalue weighted by molar-refractivity contribution is 5.90. The van der Waals surface area contributed by atoms with Gasteiger partial charge in [-0.05, 0) is 25.5 Å². The summed E-state index contributed by atoms with van der Waals surface area (Å²) < 4.78 is 4.66. The van der Waals surface area contributed by atoms with Crippen LogP contribution >= 0.6 is 0 Å². The van der Waals surface area contributed by atoms with Crippen LogP contribution in [0.1, 0.15) is 23.7 Å². The normalized spacial score (nSPS) is 10.1. The van der Waals surface area contributed by atoms with Crippen LogP contribution in [-0.4, -0.2) is 42.9 Å². The quantitative estimate of drug-likeness (QED) is 0.751. The van der Waals surface area contributed by atoms with Gasteiger partial charge in [-0.25, -0.2) is 9.78 Å². The number of hydrogen-bond donors (Lipinski definition) is 1. The highest BCUT2D eigenvalue weighted by atomic mass is 16.5. The lowest BCUT2D eigenvalue weighted by Crippen LogP contribution is -2.25. The largest absolute Gasteiger partial charge is 0.465 e. The van der Waals surface area contributed by atoms with E-state index in [1.807, 2.05) is 11.8 Å². The molecule has 1 rings (SSSR count). The van der Waals surface area contributed by atoms with Crippen LogP contribution < -0.4 is 4.90 Å². The SMILES string of the molecule is CCN(CCCO)c1cc(C(=O)OC)ccn1. The Labute approximate surface area is 101 Å². The lowest BCUT2D eigenvalue weighted by atomic mass is 10.2. The molecule has 0 aromatic carbocycles. The first-order valence-corrected chi connectivity index (χ1v) is 5.63. The van der Waals surface area contributed by atoms with Crippen molar-refractivity contribution in [2.75, 3.05) is 31.7 Å². The van der Waals surface area contributed by atoms with Gasteiger partial charge in [0.15, 0.2) is 0 Å². The van der Waals surface area contributed by atoms with E-state index in [1.165, 1.54) is 7.11 Å². The van der Waals surface area contributed by atoms with Crippen LogP contribution in [-0.2, 0) is 4.74 Å². The summed E-state index contributed by atoms with van der Waals surface area (Å²) >= 11 is 0. The van der Waals surface area contributed by atoms with Crippen molar-refractivity contribution in [2.24, 2.45) is 0 Å². The topological polar surface area (TPSA) is 62.7 Å². The number of carbonyl (C=O) groups is 1. The second-order valence-corrected chi connectivity index (χ2v) is 3.55. The smallest absolute Gasteiger partial charge is 0.338 e. The molecule has 0 bridgehead atoms. The number of rotatable bonds is 6. The van der Waals surface area contributed by atoms with E-state index in [9.17, 15) is 4.79 Å². The number of hydrogen-bond acceptors (Lipinski definition) is 5. The number of pyridine rings is 1. The monoisotopic (exact) mass is 238 g/mol. The zero-order valence-corrected chi connectivity index (χ0v) is 10.2. The molecule has 17 heavy (non-hydrogen) atoms. The first-order valence-electron chi connectivity index (χ1n) is 5.63. The number of aromatic nitrogens is 1. The number of anilines is 1. The Hall–Kier alpha value is -1.62. The molecule has 5 nitrogen and oxygen atoms in total. The molecule has 94 valence electrons. The summed E-state index contributed by atoms with van der Waals surface area (Å²) in [6.07, 6.45) is 2.27. The maximum Gasteiger partial charge on any atom is 0.338 e. The molecule has 0 unspecified atom stereocenters. The summed E-state index contributed by atoms with van der Waals surface area (Å²) in [5.74, 6) is 0.357. The Morgan fingerprint density at radius 2 is 2.35 bits per heavy atom. The van der Waals surface area contributed by atoms with Crippen molar-refractivity contribution in [3.05, 3.63) is 23.9 Å². The Morgan fingerprint density at radius 3 is 2.94 bits per heavy atom. The summed E-state index contributed by atoms with van der Waals surface area (Å²) in [6.45, 7) is 3.64. The van der Waals surface area contributed by atoms with E-state index in [0.717, 1.165) is 12.4 Å². The number of ether oxygens (including phenoxy) is 1. The third kappa shape index (κ3) is 3.71. The molecule has 0 radical (unpaired) electrons. The fraction of sp³-hybridized carbons (Fsp3) is 0.500. The molecule has 0 saturated carbocycles. The number of aliphatic hydroxyl groups is 1. The molecule has 0 aliphatic rings. The van der Waals surface area contributed by atoms with Crippen molar-refractivity contribution in [1.82, 2.24) is 4.98 Å². The lowest BCUT2D eigenvalue weighted by molar-refractivity contribution is 0.0600. The molecule has 0 aliphatic carbocycles. The Kier molecular flexibility index (Phi) is 5.42. The summed E-state index contributed by atoms with van der Waals surface area (Å²) in [7, 11) is 1.35. The van der Waals surface area contributed by atoms with Gasteiger partial charge in [-0.1, -0.05) is 0 Å². The maximum atomic E-state index is 11.4. The molecular weight excluding hydrogens is 220 g/mol. The van der Waals surface area contributed by atoms with Gasteiger partial charge in [0.2, 0.25) is 0 Å². The van der Waals surface area contributed by atoms with Gasteiger partial charge in [0, 0.05) is 25.9 Å². The van der Waals surface area contributed by atoms with Crippen LogP contribution in [0.25, 0.3) is 0 Å². The first kappa shape index (κ1) is 13.4. The molecule has 0 aliphatic heterocycles. The molecule has 5 heteroatoms. The predicted molar refractivity (Wildman–Crippen MR) is 65.2 cm³/mol. The van der Waals surface area contributed by atoms with Crippen LogP contribution in [0.2, 0.25) is 0 Å². The minimum absolute atomic E-state index is 0.146. The molecule has 0 atom stereocenters. The van der Waals surface area contributed by atoms with Gasteiger partial charge in [0.25, 0.3) is 0 Å². The molecule has 0 spiro atoms. The average Bonchev–Trinajstić information content (AvgIpc) is 2.39. The lowest BCUT2D eigenvalue weighted by Gasteiger charge is -2.21.